The number of nitrogens with zero attached hydrogens (tertiary/aromatic N) is 4. The van der Waals surface area contributed by atoms with Gasteiger partial charge in [-0.1, -0.05) is 6.42 Å². The maximum absolute atomic E-state index is 12.4. The molecule has 1 saturated heterocycles. The van der Waals surface area contributed by atoms with Crippen LogP contribution in [-0.4, -0.2) is 58.3 Å². The lowest BCUT2D eigenvalue weighted by Crippen LogP contribution is -2.51. The third-order valence-corrected chi connectivity index (χ3v) is 4.77. The Morgan fingerprint density at radius 3 is 2.45 bits per heavy atom. The van der Waals surface area contributed by atoms with Crippen molar-refractivity contribution in [3.63, 3.8) is 0 Å². The largest absolute Gasteiger partial charge is 0.481 e. The predicted molar refractivity (Wildman–Crippen MR) is 79.4 cm³/mol. The van der Waals surface area contributed by atoms with Crippen LogP contribution in [0.3, 0.4) is 0 Å². The molecule has 0 unspecified atom stereocenters. The predicted octanol–water partition coefficient (Wildman–Crippen LogP) is 0.770. The first-order chi connectivity index (χ1) is 10.6. The fourth-order valence-electron chi connectivity index (χ4n) is 3.12. The van der Waals surface area contributed by atoms with E-state index in [1.807, 2.05) is 12.1 Å². The third kappa shape index (κ3) is 2.75. The van der Waals surface area contributed by atoms with Crippen molar-refractivity contribution in [3.8, 4) is 0 Å². The number of carbonyl (C=O) groups excluding carboxylic acids is 1. The highest BCUT2D eigenvalue weighted by Gasteiger charge is 2.46. The Hall–Kier alpha value is -2.18. The molecule has 2 aliphatic rings. The molecule has 1 aliphatic carbocycles. The summed E-state index contributed by atoms with van der Waals surface area (Å²) in [4.78, 5) is 27.6. The van der Waals surface area contributed by atoms with Crippen LogP contribution in [0.4, 0.5) is 5.82 Å². The van der Waals surface area contributed by atoms with Crippen LogP contribution < -0.4 is 4.90 Å². The van der Waals surface area contributed by atoms with E-state index in [0.717, 1.165) is 12.2 Å². The molecule has 1 aliphatic heterocycles. The van der Waals surface area contributed by atoms with Crippen LogP contribution in [0, 0.1) is 5.41 Å². The minimum absolute atomic E-state index is 0.0408. The van der Waals surface area contributed by atoms with Crippen LogP contribution in [0.2, 0.25) is 0 Å². The summed E-state index contributed by atoms with van der Waals surface area (Å²) in [6.07, 6.45) is 3.90. The molecule has 2 fully saturated rings. The highest BCUT2D eigenvalue weighted by molar-refractivity contribution is 5.85. The molecule has 7 nitrogen and oxygen atoms in total. The van der Waals surface area contributed by atoms with Gasteiger partial charge in [0.25, 0.3) is 0 Å². The van der Waals surface area contributed by atoms with E-state index in [0.29, 0.717) is 39.0 Å². The first kappa shape index (κ1) is 14.7. The molecule has 0 radical (unpaired) electrons. The van der Waals surface area contributed by atoms with Gasteiger partial charge in [0, 0.05) is 38.8 Å². The van der Waals surface area contributed by atoms with E-state index in [1.165, 1.54) is 0 Å². The minimum Gasteiger partial charge on any atom is -0.481 e. The minimum atomic E-state index is -0.828. The zero-order valence-electron chi connectivity index (χ0n) is 12.4. The molecule has 1 saturated carbocycles. The van der Waals surface area contributed by atoms with Crippen molar-refractivity contribution in [1.82, 2.24) is 15.1 Å². The van der Waals surface area contributed by atoms with Gasteiger partial charge in [-0.05, 0) is 25.0 Å². The standard InChI is InChI=1S/C15H20N4O3/c20-13(11-15(14(21)22)4-2-5-15)19-9-7-18(8-10-19)12-3-1-6-16-17-12/h1,3,6H,2,4-5,7-11H2,(H,21,22). The molecule has 2 heterocycles. The number of hydrogen-bond acceptors (Lipinski definition) is 5. The van der Waals surface area contributed by atoms with E-state index < -0.39 is 11.4 Å². The van der Waals surface area contributed by atoms with E-state index in [4.69, 9.17) is 0 Å². The lowest BCUT2D eigenvalue weighted by atomic mass is 9.66. The van der Waals surface area contributed by atoms with Gasteiger partial charge < -0.3 is 14.9 Å². The lowest BCUT2D eigenvalue weighted by Gasteiger charge is -2.40. The summed E-state index contributed by atoms with van der Waals surface area (Å²) in [6, 6.07) is 3.74. The van der Waals surface area contributed by atoms with E-state index in [-0.39, 0.29) is 12.3 Å². The Morgan fingerprint density at radius 1 is 1.23 bits per heavy atom. The number of carboxylic acid groups (broad SMARTS) is 1. The van der Waals surface area contributed by atoms with Crippen molar-refractivity contribution >= 4 is 17.7 Å². The Bertz CT molecular complexity index is 551. The third-order valence-electron chi connectivity index (χ3n) is 4.77. The van der Waals surface area contributed by atoms with Crippen molar-refractivity contribution in [1.29, 1.82) is 0 Å². The molecule has 22 heavy (non-hydrogen) atoms. The number of carbonyl (C=O) groups is 2. The first-order valence-corrected chi connectivity index (χ1v) is 7.65. The summed E-state index contributed by atoms with van der Waals surface area (Å²) in [6.45, 7) is 2.60. The van der Waals surface area contributed by atoms with Crippen molar-refractivity contribution in [3.05, 3.63) is 18.3 Å². The Labute approximate surface area is 128 Å². The lowest BCUT2D eigenvalue weighted by molar-refractivity contribution is -0.159. The zero-order chi connectivity index (χ0) is 15.6. The molecule has 118 valence electrons. The van der Waals surface area contributed by atoms with Crippen molar-refractivity contribution in [2.75, 3.05) is 31.1 Å². The highest BCUT2D eigenvalue weighted by Crippen LogP contribution is 2.44. The first-order valence-electron chi connectivity index (χ1n) is 7.65. The number of piperazine rings is 1. The second-order valence-electron chi connectivity index (χ2n) is 6.07. The summed E-state index contributed by atoms with van der Waals surface area (Å²) in [5.74, 6) is -0.0539. The molecule has 1 N–H and O–H groups in total. The van der Waals surface area contributed by atoms with Crippen LogP contribution in [0.1, 0.15) is 25.7 Å². The number of aliphatic carboxylic acids is 1. The molecule has 0 atom stereocenters. The summed E-state index contributed by atoms with van der Waals surface area (Å²) in [7, 11) is 0. The van der Waals surface area contributed by atoms with Crippen LogP contribution in [0.25, 0.3) is 0 Å². The smallest absolute Gasteiger partial charge is 0.310 e. The zero-order valence-corrected chi connectivity index (χ0v) is 12.4. The molecule has 0 bridgehead atoms. The van der Waals surface area contributed by atoms with Gasteiger partial charge in [0.1, 0.15) is 0 Å². The average molecular weight is 304 g/mol. The average Bonchev–Trinajstić information content (AvgIpc) is 2.51. The Kier molecular flexibility index (Phi) is 3.96. The maximum atomic E-state index is 12.4. The van der Waals surface area contributed by atoms with E-state index in [2.05, 4.69) is 15.1 Å². The van der Waals surface area contributed by atoms with E-state index in [9.17, 15) is 14.7 Å². The molecule has 0 spiro atoms. The van der Waals surface area contributed by atoms with E-state index >= 15 is 0 Å². The van der Waals surface area contributed by atoms with Gasteiger partial charge >= 0.3 is 5.97 Å². The number of aromatic nitrogens is 2. The van der Waals surface area contributed by atoms with Gasteiger partial charge in [0.15, 0.2) is 5.82 Å². The quantitative estimate of drug-likeness (QED) is 0.884. The van der Waals surface area contributed by atoms with Crippen LogP contribution in [0.5, 0.6) is 0 Å². The Balaban J connectivity index is 1.55. The van der Waals surface area contributed by atoms with E-state index in [1.54, 1.807) is 11.1 Å². The fraction of sp³-hybridized carbons (Fsp3) is 0.600. The second-order valence-corrected chi connectivity index (χ2v) is 6.07. The number of amides is 1. The number of carboxylic acids is 1. The van der Waals surface area contributed by atoms with Crippen molar-refractivity contribution in [2.45, 2.75) is 25.7 Å². The number of hydrogen-bond donors (Lipinski definition) is 1. The van der Waals surface area contributed by atoms with Gasteiger partial charge in [-0.15, -0.1) is 5.10 Å². The monoisotopic (exact) mass is 304 g/mol. The molecule has 1 amide bonds. The summed E-state index contributed by atoms with van der Waals surface area (Å²) in [5.41, 5.74) is -0.806. The van der Waals surface area contributed by atoms with Crippen LogP contribution in [-0.2, 0) is 9.59 Å². The molecular weight excluding hydrogens is 284 g/mol. The maximum Gasteiger partial charge on any atom is 0.310 e. The van der Waals surface area contributed by atoms with Crippen LogP contribution >= 0.6 is 0 Å². The van der Waals surface area contributed by atoms with Crippen molar-refractivity contribution in [2.24, 2.45) is 5.41 Å². The molecular formula is C15H20N4O3. The van der Waals surface area contributed by atoms with Gasteiger partial charge in [-0.2, -0.15) is 5.10 Å². The van der Waals surface area contributed by atoms with Crippen molar-refractivity contribution < 1.29 is 14.7 Å². The SMILES string of the molecule is O=C(CC1(C(=O)O)CCC1)N1CCN(c2cccnn2)CC1. The number of rotatable bonds is 4. The summed E-state index contributed by atoms with van der Waals surface area (Å²) in [5, 5.41) is 17.3. The number of anilines is 1. The fourth-order valence-corrected chi connectivity index (χ4v) is 3.12. The molecule has 7 heteroatoms. The molecule has 1 aromatic rings. The summed E-state index contributed by atoms with van der Waals surface area (Å²) >= 11 is 0. The Morgan fingerprint density at radius 2 is 1.95 bits per heavy atom. The van der Waals surface area contributed by atoms with Crippen LogP contribution in [0.15, 0.2) is 18.3 Å². The molecule has 1 aromatic heterocycles. The van der Waals surface area contributed by atoms with Gasteiger partial charge in [0.2, 0.25) is 5.91 Å². The highest BCUT2D eigenvalue weighted by atomic mass is 16.4. The van der Waals surface area contributed by atoms with Gasteiger partial charge in [-0.3, -0.25) is 9.59 Å². The van der Waals surface area contributed by atoms with Gasteiger partial charge in [0.05, 0.1) is 5.41 Å². The second kappa shape index (κ2) is 5.90. The summed E-state index contributed by atoms with van der Waals surface area (Å²) < 4.78 is 0. The molecule has 3 rings (SSSR count). The molecule has 0 aromatic carbocycles. The normalized spacial score (nSPS) is 20.4. The van der Waals surface area contributed by atoms with Gasteiger partial charge in [-0.25, -0.2) is 0 Å². The topological polar surface area (TPSA) is 86.6 Å².